The Hall–Kier alpha value is -4.21. The Labute approximate surface area is 231 Å². The second kappa shape index (κ2) is 12.1. The molecular weight excluding hydrogens is 512 g/mol. The van der Waals surface area contributed by atoms with E-state index >= 15 is 0 Å². The van der Waals surface area contributed by atoms with Gasteiger partial charge in [-0.1, -0.05) is 66.7 Å². The molecule has 0 amide bonds. The molecule has 9 heteroatoms. The summed E-state index contributed by atoms with van der Waals surface area (Å²) in [7, 11) is 1.61. The molecule has 5 aromatic rings. The molecule has 8 nitrogen and oxygen atoms in total. The van der Waals surface area contributed by atoms with Gasteiger partial charge in [0.15, 0.2) is 21.9 Å². The average Bonchev–Trinajstić information content (AvgIpc) is 3.38. The second-order valence-corrected chi connectivity index (χ2v) is 9.69. The van der Waals surface area contributed by atoms with Gasteiger partial charge in [-0.05, 0) is 48.0 Å². The fourth-order valence-electron chi connectivity index (χ4n) is 4.33. The van der Waals surface area contributed by atoms with Crippen molar-refractivity contribution in [2.24, 2.45) is 0 Å². The van der Waals surface area contributed by atoms with E-state index in [-0.39, 0.29) is 11.7 Å². The maximum absolute atomic E-state index is 12.7. The van der Waals surface area contributed by atoms with E-state index in [2.05, 4.69) is 9.97 Å². The van der Waals surface area contributed by atoms with Gasteiger partial charge in [0.1, 0.15) is 17.9 Å². The lowest BCUT2D eigenvalue weighted by Gasteiger charge is -2.14. The van der Waals surface area contributed by atoms with E-state index in [1.807, 2.05) is 90.4 Å². The molecular formula is C30H30N4O4S. The first-order chi connectivity index (χ1) is 19.0. The average molecular weight is 543 g/mol. The lowest BCUT2D eigenvalue weighted by molar-refractivity contribution is 0.0524. The number of nitrogens with zero attached hydrogens (tertiary/aromatic N) is 2. The van der Waals surface area contributed by atoms with Crippen LogP contribution < -0.4 is 15.0 Å². The summed E-state index contributed by atoms with van der Waals surface area (Å²) in [6.45, 7) is 3.30. The summed E-state index contributed by atoms with van der Waals surface area (Å²) in [5.41, 5.74) is 3.66. The molecule has 0 aliphatic rings. The van der Waals surface area contributed by atoms with Gasteiger partial charge in [0.2, 0.25) is 0 Å². The Morgan fingerprint density at radius 3 is 2.28 bits per heavy atom. The number of methoxy groups -OCH3 is 1. The highest BCUT2D eigenvalue weighted by Crippen LogP contribution is 2.29. The molecule has 2 aromatic heterocycles. The van der Waals surface area contributed by atoms with Crippen LogP contribution in [-0.2, 0) is 30.9 Å². The first kappa shape index (κ1) is 26.4. The Morgan fingerprint density at radius 2 is 1.59 bits per heavy atom. The van der Waals surface area contributed by atoms with Crippen molar-refractivity contribution in [1.29, 1.82) is 0 Å². The van der Waals surface area contributed by atoms with Gasteiger partial charge in [0, 0.05) is 6.42 Å². The quantitative estimate of drug-likeness (QED) is 0.212. The van der Waals surface area contributed by atoms with Crippen molar-refractivity contribution in [3.05, 3.63) is 117 Å². The predicted octanol–water partition coefficient (Wildman–Crippen LogP) is 5.57. The molecule has 5 rings (SSSR count). The van der Waals surface area contributed by atoms with Crippen molar-refractivity contribution >= 4 is 23.4 Å². The highest BCUT2D eigenvalue weighted by atomic mass is 32.1. The minimum absolute atomic E-state index is 0.104. The van der Waals surface area contributed by atoms with Gasteiger partial charge in [-0.3, -0.25) is 14.3 Å². The van der Waals surface area contributed by atoms with Crippen LogP contribution in [0.15, 0.2) is 83.7 Å². The van der Waals surface area contributed by atoms with Crippen molar-refractivity contribution in [2.45, 2.75) is 39.2 Å². The highest BCUT2D eigenvalue weighted by Gasteiger charge is 2.15. The first-order valence-corrected chi connectivity index (χ1v) is 13.1. The molecule has 200 valence electrons. The molecule has 0 bridgehead atoms. The molecule has 0 aliphatic carbocycles. The maximum Gasteiger partial charge on any atom is 0.277 e. The monoisotopic (exact) mass is 542 g/mol. The fraction of sp³-hybridized carbons (Fsp3) is 0.233. The molecule has 39 heavy (non-hydrogen) atoms. The van der Waals surface area contributed by atoms with Gasteiger partial charge in [-0.25, -0.2) is 4.98 Å². The van der Waals surface area contributed by atoms with Crippen LogP contribution in [0, 0.1) is 4.77 Å². The van der Waals surface area contributed by atoms with E-state index in [1.165, 1.54) is 0 Å². The summed E-state index contributed by atoms with van der Waals surface area (Å²) in [4.78, 5) is 23.4. The van der Waals surface area contributed by atoms with Crippen LogP contribution in [0.4, 0.5) is 0 Å². The lowest BCUT2D eigenvalue weighted by Crippen LogP contribution is -2.15. The Bertz CT molecular complexity index is 1660. The summed E-state index contributed by atoms with van der Waals surface area (Å²) in [6, 6.07) is 25.7. The number of benzene rings is 3. The van der Waals surface area contributed by atoms with Crippen molar-refractivity contribution in [2.75, 3.05) is 7.11 Å². The summed E-state index contributed by atoms with van der Waals surface area (Å²) in [6.07, 6.45) is 0.417. The molecule has 0 radical (unpaired) electrons. The van der Waals surface area contributed by atoms with Crippen molar-refractivity contribution < 1.29 is 14.2 Å². The number of H-pyrrole nitrogens is 2. The van der Waals surface area contributed by atoms with Gasteiger partial charge >= 0.3 is 0 Å². The van der Waals surface area contributed by atoms with Gasteiger partial charge in [-0.15, -0.1) is 0 Å². The largest absolute Gasteiger partial charge is 0.493 e. The van der Waals surface area contributed by atoms with E-state index in [0.29, 0.717) is 59.4 Å². The van der Waals surface area contributed by atoms with Gasteiger partial charge in [-0.2, -0.15) is 0 Å². The molecule has 3 aromatic carbocycles. The molecule has 1 atom stereocenters. The number of rotatable bonds is 11. The van der Waals surface area contributed by atoms with E-state index in [1.54, 1.807) is 7.11 Å². The highest BCUT2D eigenvalue weighted by molar-refractivity contribution is 7.71. The van der Waals surface area contributed by atoms with Crippen LogP contribution in [0.2, 0.25) is 0 Å². The standard InChI is InChI=1S/C30H30N4O4S/c1-20(37-18-21-9-5-3-6-10-21)15-26-31-27-28(32-26)34(30(39)33-29(27)35)17-23-13-14-24(36-2)25(16-23)38-19-22-11-7-4-8-12-22/h3-14,16,20H,15,17-19H2,1-2H3,(H,31,32)(H,33,35,39). The van der Waals surface area contributed by atoms with Crippen LogP contribution in [0.25, 0.3) is 11.2 Å². The number of aromatic amines is 2. The Morgan fingerprint density at radius 1 is 0.897 bits per heavy atom. The third kappa shape index (κ3) is 6.45. The number of imidazole rings is 1. The predicted molar refractivity (Wildman–Crippen MR) is 153 cm³/mol. The topological polar surface area (TPSA) is 94.2 Å². The number of hydrogen-bond acceptors (Lipinski definition) is 6. The molecule has 0 aliphatic heterocycles. The van der Waals surface area contributed by atoms with Crippen LogP contribution in [0.1, 0.15) is 29.4 Å². The van der Waals surface area contributed by atoms with Crippen molar-refractivity contribution in [1.82, 2.24) is 19.5 Å². The van der Waals surface area contributed by atoms with Crippen LogP contribution in [-0.4, -0.2) is 32.7 Å². The summed E-state index contributed by atoms with van der Waals surface area (Å²) in [5, 5.41) is 0. The van der Waals surface area contributed by atoms with Gasteiger partial charge in [0.05, 0.1) is 26.4 Å². The third-order valence-electron chi connectivity index (χ3n) is 6.35. The minimum Gasteiger partial charge on any atom is -0.493 e. The summed E-state index contributed by atoms with van der Waals surface area (Å²) < 4.78 is 19.7. The van der Waals surface area contributed by atoms with Crippen LogP contribution >= 0.6 is 12.2 Å². The number of fused-ring (bicyclic) bond motifs is 1. The minimum atomic E-state index is -0.301. The van der Waals surface area contributed by atoms with Crippen LogP contribution in [0.3, 0.4) is 0 Å². The van der Waals surface area contributed by atoms with E-state index in [0.717, 1.165) is 16.7 Å². The normalized spacial score (nSPS) is 11.9. The van der Waals surface area contributed by atoms with Crippen molar-refractivity contribution in [3.63, 3.8) is 0 Å². The van der Waals surface area contributed by atoms with Crippen molar-refractivity contribution in [3.8, 4) is 11.5 Å². The third-order valence-corrected chi connectivity index (χ3v) is 6.67. The lowest BCUT2D eigenvalue weighted by atomic mass is 10.2. The Kier molecular flexibility index (Phi) is 8.19. The molecule has 1 unspecified atom stereocenters. The van der Waals surface area contributed by atoms with E-state index in [4.69, 9.17) is 31.4 Å². The Balaban J connectivity index is 1.36. The molecule has 0 saturated heterocycles. The number of nitrogens with one attached hydrogen (secondary N) is 2. The maximum atomic E-state index is 12.7. The number of aromatic nitrogens is 4. The molecule has 0 fully saturated rings. The van der Waals surface area contributed by atoms with E-state index < -0.39 is 0 Å². The molecule has 0 saturated carbocycles. The fourth-order valence-corrected chi connectivity index (χ4v) is 4.57. The van der Waals surface area contributed by atoms with Gasteiger partial charge < -0.3 is 19.2 Å². The zero-order chi connectivity index (χ0) is 27.2. The zero-order valence-electron chi connectivity index (χ0n) is 21.8. The zero-order valence-corrected chi connectivity index (χ0v) is 22.7. The SMILES string of the molecule is COc1ccc(Cn2c(=S)[nH]c(=O)c3[nH]c(CC(C)OCc4ccccc4)nc32)cc1OCc1ccccc1. The number of hydrogen-bond donors (Lipinski definition) is 2. The summed E-state index contributed by atoms with van der Waals surface area (Å²) in [5.74, 6) is 1.92. The first-order valence-electron chi connectivity index (χ1n) is 12.7. The van der Waals surface area contributed by atoms with Crippen LogP contribution in [0.5, 0.6) is 11.5 Å². The molecule has 2 heterocycles. The van der Waals surface area contributed by atoms with E-state index in [9.17, 15) is 4.79 Å². The second-order valence-electron chi connectivity index (χ2n) is 9.30. The van der Waals surface area contributed by atoms with Gasteiger partial charge in [0.25, 0.3) is 5.56 Å². The number of ether oxygens (including phenoxy) is 3. The summed E-state index contributed by atoms with van der Waals surface area (Å²) >= 11 is 5.53. The molecule has 0 spiro atoms. The molecule has 2 N–H and O–H groups in total. The smallest absolute Gasteiger partial charge is 0.277 e.